The summed E-state index contributed by atoms with van der Waals surface area (Å²) in [6, 6.07) is 13.6. The van der Waals surface area contributed by atoms with Crippen LogP contribution in [0.3, 0.4) is 0 Å². The van der Waals surface area contributed by atoms with Crippen LogP contribution in [0.15, 0.2) is 46.9 Å². The molecular weight excluding hydrogens is 380 g/mol. The molecule has 0 spiro atoms. The van der Waals surface area contributed by atoms with Gasteiger partial charge in [0.1, 0.15) is 11.5 Å². The number of nitrogens with zero attached hydrogens (tertiary/aromatic N) is 2. The van der Waals surface area contributed by atoms with E-state index in [9.17, 15) is 9.59 Å². The quantitative estimate of drug-likeness (QED) is 0.462. The lowest BCUT2D eigenvalue weighted by Gasteiger charge is -2.27. The lowest BCUT2D eigenvalue weighted by atomic mass is 10.2. The second-order valence-corrected chi connectivity index (χ2v) is 7.51. The molecule has 6 nitrogen and oxygen atoms in total. The molecule has 0 atom stereocenters. The Hall–Kier alpha value is -2.60. The maximum atomic E-state index is 13.2. The standard InChI is InChI=1S/C24H34N2O4/c1-4-5-7-12-23(27)25(15-16-29-3)19-24(28)26(17-21-10-8-6-9-11-21)18-22-14-13-20(2)30-22/h6,8-11,13-14H,4-5,7,12,15-19H2,1-3H3. The Kier molecular flexibility index (Phi) is 10.1. The molecule has 164 valence electrons. The number of benzene rings is 1. The molecule has 1 heterocycles. The van der Waals surface area contributed by atoms with Crippen molar-refractivity contribution in [3.63, 3.8) is 0 Å². The van der Waals surface area contributed by atoms with E-state index in [2.05, 4.69) is 6.92 Å². The Morgan fingerprint density at radius 3 is 2.37 bits per heavy atom. The Labute approximate surface area is 179 Å². The Morgan fingerprint density at radius 1 is 0.967 bits per heavy atom. The van der Waals surface area contributed by atoms with E-state index in [1.807, 2.05) is 49.4 Å². The first-order chi connectivity index (χ1) is 14.5. The number of carbonyl (C=O) groups is 2. The summed E-state index contributed by atoms with van der Waals surface area (Å²) in [6.45, 7) is 5.67. The minimum Gasteiger partial charge on any atom is -0.464 e. The third-order valence-electron chi connectivity index (χ3n) is 4.95. The van der Waals surface area contributed by atoms with Gasteiger partial charge in [0.05, 0.1) is 19.7 Å². The van der Waals surface area contributed by atoms with E-state index in [1.165, 1.54) is 0 Å². The van der Waals surface area contributed by atoms with Gasteiger partial charge in [0.25, 0.3) is 0 Å². The SMILES string of the molecule is CCCCCC(=O)N(CCOC)CC(=O)N(Cc1ccccc1)Cc1ccc(C)o1. The zero-order valence-electron chi connectivity index (χ0n) is 18.4. The van der Waals surface area contributed by atoms with Crippen molar-refractivity contribution in [1.82, 2.24) is 9.80 Å². The van der Waals surface area contributed by atoms with Crippen molar-refractivity contribution >= 4 is 11.8 Å². The predicted octanol–water partition coefficient (Wildman–Crippen LogP) is 4.17. The molecule has 0 saturated heterocycles. The summed E-state index contributed by atoms with van der Waals surface area (Å²) in [5, 5.41) is 0. The van der Waals surface area contributed by atoms with Crippen molar-refractivity contribution in [3.8, 4) is 0 Å². The van der Waals surface area contributed by atoms with Crippen LogP contribution < -0.4 is 0 Å². The van der Waals surface area contributed by atoms with E-state index in [1.54, 1.807) is 16.9 Å². The first-order valence-corrected chi connectivity index (χ1v) is 10.7. The zero-order chi connectivity index (χ0) is 21.8. The molecule has 2 aromatic rings. The van der Waals surface area contributed by atoms with Crippen LogP contribution in [-0.2, 0) is 27.4 Å². The van der Waals surface area contributed by atoms with E-state index in [0.717, 1.165) is 36.3 Å². The van der Waals surface area contributed by atoms with Crippen molar-refractivity contribution in [2.75, 3.05) is 26.8 Å². The fraction of sp³-hybridized carbons (Fsp3) is 0.500. The summed E-state index contributed by atoms with van der Waals surface area (Å²) in [7, 11) is 1.60. The summed E-state index contributed by atoms with van der Waals surface area (Å²) in [5.41, 5.74) is 1.03. The van der Waals surface area contributed by atoms with Crippen LogP contribution in [0, 0.1) is 6.92 Å². The Morgan fingerprint density at radius 2 is 1.73 bits per heavy atom. The number of rotatable bonds is 13. The van der Waals surface area contributed by atoms with Gasteiger partial charge in [-0.2, -0.15) is 0 Å². The van der Waals surface area contributed by atoms with Crippen molar-refractivity contribution in [2.24, 2.45) is 0 Å². The summed E-state index contributed by atoms with van der Waals surface area (Å²) < 4.78 is 10.8. The van der Waals surface area contributed by atoms with Crippen LogP contribution in [0.2, 0.25) is 0 Å². The molecule has 0 unspecified atom stereocenters. The highest BCUT2D eigenvalue weighted by molar-refractivity contribution is 5.84. The topological polar surface area (TPSA) is 63.0 Å². The molecule has 0 aliphatic rings. The van der Waals surface area contributed by atoms with Gasteiger partial charge in [-0.15, -0.1) is 0 Å². The van der Waals surface area contributed by atoms with Gasteiger partial charge in [-0.05, 0) is 31.0 Å². The second kappa shape index (κ2) is 12.9. The molecule has 1 aromatic carbocycles. The third-order valence-corrected chi connectivity index (χ3v) is 4.95. The normalized spacial score (nSPS) is 10.8. The maximum Gasteiger partial charge on any atom is 0.242 e. The van der Waals surface area contributed by atoms with Crippen molar-refractivity contribution in [3.05, 3.63) is 59.5 Å². The minimum absolute atomic E-state index is 0.00218. The van der Waals surface area contributed by atoms with Crippen molar-refractivity contribution in [2.45, 2.75) is 52.6 Å². The largest absolute Gasteiger partial charge is 0.464 e. The summed E-state index contributed by atoms with van der Waals surface area (Å²) in [4.78, 5) is 29.3. The van der Waals surface area contributed by atoms with E-state index in [0.29, 0.717) is 32.7 Å². The molecule has 0 radical (unpaired) electrons. The van der Waals surface area contributed by atoms with E-state index in [-0.39, 0.29) is 18.4 Å². The Balaban J connectivity index is 2.10. The van der Waals surface area contributed by atoms with Crippen LogP contribution in [0.5, 0.6) is 0 Å². The molecule has 0 N–H and O–H groups in total. The molecule has 0 fully saturated rings. The third kappa shape index (κ3) is 8.03. The maximum absolute atomic E-state index is 13.2. The summed E-state index contributed by atoms with van der Waals surface area (Å²) in [6.07, 6.45) is 3.36. The predicted molar refractivity (Wildman–Crippen MR) is 117 cm³/mol. The van der Waals surface area contributed by atoms with Gasteiger partial charge in [-0.25, -0.2) is 0 Å². The van der Waals surface area contributed by atoms with Gasteiger partial charge in [0.2, 0.25) is 11.8 Å². The number of ether oxygens (including phenoxy) is 1. The average molecular weight is 415 g/mol. The van der Waals surface area contributed by atoms with Crippen molar-refractivity contribution in [1.29, 1.82) is 0 Å². The molecule has 0 saturated carbocycles. The molecule has 0 bridgehead atoms. The van der Waals surface area contributed by atoms with Gasteiger partial charge in [-0.3, -0.25) is 9.59 Å². The molecule has 0 aliphatic heterocycles. The molecule has 2 amide bonds. The highest BCUT2D eigenvalue weighted by Gasteiger charge is 2.22. The average Bonchev–Trinajstić information content (AvgIpc) is 3.16. The number of unbranched alkanes of at least 4 members (excludes halogenated alkanes) is 2. The van der Waals surface area contributed by atoms with Crippen LogP contribution >= 0.6 is 0 Å². The number of methoxy groups -OCH3 is 1. The van der Waals surface area contributed by atoms with E-state index < -0.39 is 0 Å². The number of amides is 2. The van der Waals surface area contributed by atoms with Gasteiger partial charge < -0.3 is 19.0 Å². The van der Waals surface area contributed by atoms with Gasteiger partial charge in [0.15, 0.2) is 0 Å². The lowest BCUT2D eigenvalue weighted by molar-refractivity contribution is -0.142. The zero-order valence-corrected chi connectivity index (χ0v) is 18.4. The molecule has 2 rings (SSSR count). The van der Waals surface area contributed by atoms with Crippen molar-refractivity contribution < 1.29 is 18.7 Å². The highest BCUT2D eigenvalue weighted by Crippen LogP contribution is 2.14. The van der Waals surface area contributed by atoms with Crippen LogP contribution in [0.4, 0.5) is 0 Å². The van der Waals surface area contributed by atoms with Gasteiger partial charge in [-0.1, -0.05) is 50.1 Å². The Bertz CT molecular complexity index is 773. The second-order valence-electron chi connectivity index (χ2n) is 7.51. The lowest BCUT2D eigenvalue weighted by Crippen LogP contribution is -2.43. The minimum atomic E-state index is -0.104. The van der Waals surface area contributed by atoms with Gasteiger partial charge >= 0.3 is 0 Å². The first kappa shape index (κ1) is 23.7. The van der Waals surface area contributed by atoms with Crippen LogP contribution in [0.25, 0.3) is 0 Å². The van der Waals surface area contributed by atoms with Crippen LogP contribution in [-0.4, -0.2) is 48.4 Å². The number of furan rings is 1. The summed E-state index contributed by atoms with van der Waals surface area (Å²) in [5.74, 6) is 1.44. The smallest absolute Gasteiger partial charge is 0.242 e. The highest BCUT2D eigenvalue weighted by atomic mass is 16.5. The molecular formula is C24H34N2O4. The monoisotopic (exact) mass is 414 g/mol. The summed E-state index contributed by atoms with van der Waals surface area (Å²) >= 11 is 0. The number of hydrogen-bond donors (Lipinski definition) is 0. The molecule has 6 heteroatoms. The molecule has 1 aromatic heterocycles. The molecule has 0 aliphatic carbocycles. The first-order valence-electron chi connectivity index (χ1n) is 10.7. The fourth-order valence-corrected chi connectivity index (χ4v) is 3.24. The van der Waals surface area contributed by atoms with E-state index in [4.69, 9.17) is 9.15 Å². The molecule has 30 heavy (non-hydrogen) atoms. The fourth-order valence-electron chi connectivity index (χ4n) is 3.24. The number of carbonyl (C=O) groups excluding carboxylic acids is 2. The number of aryl methyl sites for hydroxylation is 1. The van der Waals surface area contributed by atoms with E-state index >= 15 is 0 Å². The van der Waals surface area contributed by atoms with Crippen LogP contribution in [0.1, 0.15) is 49.7 Å². The number of hydrogen-bond acceptors (Lipinski definition) is 4. The van der Waals surface area contributed by atoms with Gasteiger partial charge in [0, 0.05) is 26.6 Å².